The lowest BCUT2D eigenvalue weighted by atomic mass is 10.0. The van der Waals surface area contributed by atoms with Crippen LogP contribution in [-0.2, 0) is 28.9 Å². The van der Waals surface area contributed by atoms with Gasteiger partial charge >= 0.3 is 22.3 Å². The highest BCUT2D eigenvalue weighted by Crippen LogP contribution is 2.14. The molecule has 48 heavy (non-hydrogen) atoms. The Labute approximate surface area is 296 Å². The van der Waals surface area contributed by atoms with Crippen molar-refractivity contribution in [1.29, 1.82) is 0 Å². The van der Waals surface area contributed by atoms with E-state index in [2.05, 4.69) is 23.8 Å². The van der Waals surface area contributed by atoms with E-state index in [4.69, 9.17) is 19.5 Å². The van der Waals surface area contributed by atoms with Gasteiger partial charge in [-0.3, -0.25) is 18.3 Å². The predicted molar refractivity (Wildman–Crippen MR) is 199 cm³/mol. The molecule has 0 amide bonds. The van der Waals surface area contributed by atoms with Gasteiger partial charge < -0.3 is 20.7 Å². The Morgan fingerprint density at radius 3 is 1.02 bits per heavy atom. The van der Waals surface area contributed by atoms with Crippen molar-refractivity contribution in [3.8, 4) is 0 Å². The Morgan fingerprint density at radius 2 is 0.812 bits per heavy atom. The monoisotopic (exact) mass is 714 g/mol. The quantitative estimate of drug-likeness (QED) is 0.0243. The molecule has 292 valence electrons. The van der Waals surface area contributed by atoms with E-state index in [0.717, 1.165) is 26.4 Å². The molecule has 0 radical (unpaired) electrons. The van der Waals surface area contributed by atoms with Gasteiger partial charge in [0.25, 0.3) is 0 Å². The van der Waals surface area contributed by atoms with Crippen LogP contribution in [-0.4, -0.2) is 55.1 Å². The van der Waals surface area contributed by atoms with Crippen molar-refractivity contribution in [1.82, 2.24) is 0 Å². The molecule has 0 aromatic rings. The molecule has 1 atom stereocenters. The Balaban J connectivity index is -0.000000315. The molecule has 0 spiro atoms. The molecule has 0 aliphatic heterocycles. The number of hydrogen-bond donors (Lipinski definition) is 4. The van der Waals surface area contributed by atoms with E-state index in [0.29, 0.717) is 19.4 Å². The Hall–Kier alpha value is -1.27. The Bertz CT molecular complexity index is 732. The van der Waals surface area contributed by atoms with Gasteiger partial charge in [-0.15, -0.1) is 0 Å². The molecule has 5 N–H and O–H groups in total. The predicted octanol–water partition coefficient (Wildman–Crippen LogP) is 10.3. The average molecular weight is 714 g/mol. The molecule has 10 nitrogen and oxygen atoms in total. The third-order valence-electron chi connectivity index (χ3n) is 7.49. The number of nitrogens with two attached hydrogens (primary N) is 1. The van der Waals surface area contributed by atoms with Gasteiger partial charge in [0.15, 0.2) is 0 Å². The van der Waals surface area contributed by atoms with Crippen molar-refractivity contribution in [2.75, 3.05) is 13.7 Å². The zero-order chi connectivity index (χ0) is 37.2. The van der Waals surface area contributed by atoms with Crippen LogP contribution in [0.4, 0.5) is 0 Å². The van der Waals surface area contributed by atoms with Gasteiger partial charge in [-0.1, -0.05) is 168 Å². The lowest BCUT2D eigenvalue weighted by Crippen LogP contribution is -2.11. The summed E-state index contributed by atoms with van der Waals surface area (Å²) in [7, 11) is -3.29. The van der Waals surface area contributed by atoms with E-state index in [1.807, 2.05) is 6.92 Å². The fourth-order valence-corrected chi connectivity index (χ4v) is 4.81. The Morgan fingerprint density at radius 1 is 0.583 bits per heavy atom. The standard InChI is InChI=1S/C18H36O2.C16H32O2.C2H7NO.CH4O4S/c1-3-5-6-7-8-9-10-11-12-13-14-15-16-17-18(19)20-4-2;1-2-3-4-5-6-7-8-9-10-11-12-13-14-15-16(17)18;1-2(3)4;1-5-6(2,3)4/h3-17H2,1-2H3;2-15H2,1H3,(H,17,18);2,4H,3H2,1H3;1H3,(H,2,3,4). The van der Waals surface area contributed by atoms with Crippen LogP contribution in [0, 0.1) is 0 Å². The summed E-state index contributed by atoms with van der Waals surface area (Å²) in [6.07, 6.45) is 34.6. The maximum atomic E-state index is 11.1. The first kappa shape index (κ1) is 53.5. The highest BCUT2D eigenvalue weighted by Gasteiger charge is 2.01. The summed E-state index contributed by atoms with van der Waals surface area (Å²) in [4.78, 5) is 21.4. The number of aliphatic hydroxyl groups excluding tert-OH is 1. The molecule has 0 rings (SSSR count). The first-order valence-corrected chi connectivity index (χ1v) is 20.6. The number of esters is 1. The maximum Gasteiger partial charge on any atom is 0.397 e. The van der Waals surface area contributed by atoms with Crippen LogP contribution in [0.2, 0.25) is 0 Å². The van der Waals surface area contributed by atoms with Crippen LogP contribution in [0.3, 0.4) is 0 Å². The Kier molecular flexibility index (Phi) is 51.0. The highest BCUT2D eigenvalue weighted by atomic mass is 32.3. The number of rotatable bonds is 30. The minimum Gasteiger partial charge on any atom is -0.481 e. The molecule has 0 saturated heterocycles. The molecule has 0 aliphatic carbocycles. The van der Waals surface area contributed by atoms with Crippen LogP contribution in [0.25, 0.3) is 0 Å². The third kappa shape index (κ3) is 70.9. The maximum absolute atomic E-state index is 11.1. The fourth-order valence-electron chi connectivity index (χ4n) is 4.81. The molecule has 11 heteroatoms. The van der Waals surface area contributed by atoms with Gasteiger partial charge in [0.1, 0.15) is 0 Å². The molecule has 1 unspecified atom stereocenters. The van der Waals surface area contributed by atoms with Crippen LogP contribution in [0.5, 0.6) is 0 Å². The van der Waals surface area contributed by atoms with Gasteiger partial charge in [-0.05, 0) is 26.7 Å². The summed E-state index contributed by atoms with van der Waals surface area (Å²) >= 11 is 0. The van der Waals surface area contributed by atoms with E-state index in [-0.39, 0.29) is 5.97 Å². The molecule has 0 saturated carbocycles. The third-order valence-corrected chi connectivity index (χ3v) is 7.92. The van der Waals surface area contributed by atoms with Crippen molar-refractivity contribution in [3.05, 3.63) is 0 Å². The summed E-state index contributed by atoms with van der Waals surface area (Å²) in [5.74, 6) is -0.686. The van der Waals surface area contributed by atoms with Crippen LogP contribution < -0.4 is 5.73 Å². The molecule has 0 heterocycles. The number of carboxylic acids is 1. The molecule has 0 bridgehead atoms. The minimum atomic E-state index is -4.16. The molecular formula is C37H79NO9S. The minimum absolute atomic E-state index is 0.0319. The summed E-state index contributed by atoms with van der Waals surface area (Å²) in [6, 6.07) is 0. The van der Waals surface area contributed by atoms with Crippen LogP contribution >= 0.6 is 0 Å². The first-order chi connectivity index (χ1) is 22.9. The van der Waals surface area contributed by atoms with E-state index < -0.39 is 22.6 Å². The number of ether oxygens (including phenoxy) is 1. The number of carbonyl (C=O) groups is 2. The normalized spacial score (nSPS) is 11.2. The molecule has 0 aromatic heterocycles. The first-order valence-electron chi connectivity index (χ1n) is 19.2. The molecule has 0 fully saturated rings. The van der Waals surface area contributed by atoms with Crippen LogP contribution in [0.1, 0.15) is 207 Å². The second-order valence-corrected chi connectivity index (χ2v) is 13.7. The average Bonchev–Trinajstić information content (AvgIpc) is 3.02. The SMILES string of the molecule is CC(N)O.CCCCCCCCCCCCCCCC(=O)O.CCCCCCCCCCCCCCCC(=O)OCC.COS(=O)(=O)O. The lowest BCUT2D eigenvalue weighted by Gasteiger charge is -2.03. The van der Waals surface area contributed by atoms with E-state index >= 15 is 0 Å². The number of unbranched alkanes of at least 4 members (excludes halogenated alkanes) is 24. The number of carbonyl (C=O) groups excluding carboxylic acids is 1. The van der Waals surface area contributed by atoms with Crippen molar-refractivity contribution in [2.24, 2.45) is 5.73 Å². The van der Waals surface area contributed by atoms with Gasteiger partial charge in [0.2, 0.25) is 0 Å². The summed E-state index contributed by atoms with van der Waals surface area (Å²) in [5.41, 5.74) is 4.67. The van der Waals surface area contributed by atoms with Gasteiger partial charge in [-0.2, -0.15) is 8.42 Å². The fraction of sp³-hybridized carbons (Fsp3) is 0.946. The number of aliphatic hydroxyl groups is 1. The van der Waals surface area contributed by atoms with E-state index in [9.17, 15) is 18.0 Å². The largest absolute Gasteiger partial charge is 0.481 e. The number of hydrogen-bond acceptors (Lipinski definition) is 8. The molecular weight excluding hydrogens is 634 g/mol. The second kappa shape index (κ2) is 45.7. The van der Waals surface area contributed by atoms with Gasteiger partial charge in [0, 0.05) is 12.8 Å². The highest BCUT2D eigenvalue weighted by molar-refractivity contribution is 7.80. The van der Waals surface area contributed by atoms with Crippen molar-refractivity contribution in [3.63, 3.8) is 0 Å². The molecule has 0 aliphatic rings. The van der Waals surface area contributed by atoms with Crippen molar-refractivity contribution < 1.29 is 41.7 Å². The van der Waals surface area contributed by atoms with Crippen molar-refractivity contribution in [2.45, 2.75) is 214 Å². The van der Waals surface area contributed by atoms with E-state index in [1.54, 1.807) is 0 Å². The topological polar surface area (TPSA) is 173 Å². The zero-order valence-electron chi connectivity index (χ0n) is 31.9. The number of aliphatic carboxylic acids is 1. The van der Waals surface area contributed by atoms with Gasteiger partial charge in [-0.25, -0.2) is 0 Å². The number of carboxylic acid groups (broad SMARTS) is 1. The van der Waals surface area contributed by atoms with Gasteiger partial charge in [0.05, 0.1) is 19.9 Å². The molecule has 0 aromatic carbocycles. The summed E-state index contributed by atoms with van der Waals surface area (Å²) < 4.78 is 34.6. The summed E-state index contributed by atoms with van der Waals surface area (Å²) in [5, 5.41) is 16.3. The zero-order valence-corrected chi connectivity index (χ0v) is 32.7. The summed E-state index contributed by atoms with van der Waals surface area (Å²) in [6.45, 7) is 8.40. The lowest BCUT2D eigenvalue weighted by molar-refractivity contribution is -0.143. The van der Waals surface area contributed by atoms with Crippen LogP contribution in [0.15, 0.2) is 0 Å². The second-order valence-electron chi connectivity index (χ2n) is 12.5. The van der Waals surface area contributed by atoms with E-state index in [1.165, 1.54) is 155 Å². The smallest absolute Gasteiger partial charge is 0.397 e. The van der Waals surface area contributed by atoms with Crippen molar-refractivity contribution >= 4 is 22.3 Å².